The van der Waals surface area contributed by atoms with Crippen LogP contribution >= 0.6 is 23.2 Å². The first kappa shape index (κ1) is 17.1. The van der Waals surface area contributed by atoms with Crippen LogP contribution in [0.15, 0.2) is 36.5 Å². The van der Waals surface area contributed by atoms with Gasteiger partial charge in [-0.1, -0.05) is 23.2 Å². The van der Waals surface area contributed by atoms with Crippen LogP contribution in [0, 0.1) is 0 Å². The molecule has 1 aliphatic heterocycles. The van der Waals surface area contributed by atoms with Crippen molar-refractivity contribution >= 4 is 34.9 Å². The smallest absolute Gasteiger partial charge is 0.255 e. The highest BCUT2D eigenvalue weighted by atomic mass is 35.5. The van der Waals surface area contributed by atoms with Crippen molar-refractivity contribution in [3.05, 3.63) is 57.7 Å². The lowest BCUT2D eigenvalue weighted by atomic mass is 10.1. The van der Waals surface area contributed by atoms with Gasteiger partial charge in [-0.15, -0.1) is 0 Å². The van der Waals surface area contributed by atoms with Crippen LogP contribution in [0.3, 0.4) is 0 Å². The van der Waals surface area contributed by atoms with Crippen molar-refractivity contribution in [2.24, 2.45) is 0 Å². The fraction of sp³-hybridized carbons (Fsp3) is 0.333. The third kappa shape index (κ3) is 4.19. The molecule has 126 valence electrons. The van der Waals surface area contributed by atoms with Crippen LogP contribution in [0.25, 0.3) is 0 Å². The number of carbonyl (C=O) groups excluding carboxylic acids is 1. The highest BCUT2D eigenvalue weighted by Gasteiger charge is 2.20. The number of benzene rings is 1. The van der Waals surface area contributed by atoms with Gasteiger partial charge < -0.3 is 10.2 Å². The Labute approximate surface area is 151 Å². The van der Waals surface area contributed by atoms with E-state index in [9.17, 15) is 4.79 Å². The van der Waals surface area contributed by atoms with Gasteiger partial charge in [0.15, 0.2) is 0 Å². The third-order valence-corrected chi connectivity index (χ3v) is 4.49. The molecule has 1 saturated heterocycles. The minimum Gasteiger partial charge on any atom is -0.356 e. The molecular formula is C18H19Cl2N3O. The topological polar surface area (TPSA) is 45.2 Å². The van der Waals surface area contributed by atoms with E-state index in [1.807, 2.05) is 18.2 Å². The van der Waals surface area contributed by atoms with Crippen molar-refractivity contribution in [2.45, 2.75) is 19.3 Å². The number of pyridine rings is 1. The Morgan fingerprint density at radius 3 is 2.58 bits per heavy atom. The number of amides is 1. The Hall–Kier alpha value is -1.78. The average molecular weight is 364 g/mol. The SMILES string of the molecule is O=C(NCCc1cc(Cl)cc(Cl)c1)c1cccnc1N1CCCC1. The van der Waals surface area contributed by atoms with Crippen LogP contribution in [0.4, 0.5) is 5.82 Å². The minimum atomic E-state index is -0.0990. The largest absolute Gasteiger partial charge is 0.356 e. The minimum absolute atomic E-state index is 0.0990. The Bertz CT molecular complexity index is 710. The fourth-order valence-electron chi connectivity index (χ4n) is 2.93. The second-order valence-corrected chi connectivity index (χ2v) is 6.73. The molecule has 1 aromatic heterocycles. The van der Waals surface area contributed by atoms with Gasteiger partial charge in [0.25, 0.3) is 5.91 Å². The zero-order chi connectivity index (χ0) is 16.9. The summed E-state index contributed by atoms with van der Waals surface area (Å²) in [6.07, 6.45) is 4.70. The van der Waals surface area contributed by atoms with Crippen LogP contribution < -0.4 is 10.2 Å². The van der Waals surface area contributed by atoms with E-state index >= 15 is 0 Å². The lowest BCUT2D eigenvalue weighted by molar-refractivity contribution is 0.0954. The summed E-state index contributed by atoms with van der Waals surface area (Å²) in [5.41, 5.74) is 1.63. The molecular weight excluding hydrogens is 345 g/mol. The first-order valence-electron chi connectivity index (χ1n) is 8.06. The Balaban J connectivity index is 1.63. The van der Waals surface area contributed by atoms with E-state index in [1.165, 1.54) is 0 Å². The van der Waals surface area contributed by atoms with E-state index < -0.39 is 0 Å². The summed E-state index contributed by atoms with van der Waals surface area (Å²) in [5, 5.41) is 4.17. The van der Waals surface area contributed by atoms with Crippen LogP contribution in [-0.2, 0) is 6.42 Å². The van der Waals surface area contributed by atoms with Crippen molar-refractivity contribution in [3.63, 3.8) is 0 Å². The highest BCUT2D eigenvalue weighted by Crippen LogP contribution is 2.22. The molecule has 4 nitrogen and oxygen atoms in total. The molecule has 1 amide bonds. The van der Waals surface area contributed by atoms with Gasteiger partial charge in [-0.3, -0.25) is 4.79 Å². The number of aromatic nitrogens is 1. The predicted molar refractivity (Wildman–Crippen MR) is 98.2 cm³/mol. The van der Waals surface area contributed by atoms with Gasteiger partial charge in [0.2, 0.25) is 0 Å². The zero-order valence-electron chi connectivity index (χ0n) is 13.3. The van der Waals surface area contributed by atoms with Gasteiger partial charge in [0.1, 0.15) is 5.82 Å². The summed E-state index contributed by atoms with van der Waals surface area (Å²) in [7, 11) is 0. The predicted octanol–water partition coefficient (Wildman–Crippen LogP) is 3.96. The number of carbonyl (C=O) groups is 1. The standard InChI is InChI=1S/C18H19Cl2N3O/c19-14-10-13(11-15(20)12-14)5-7-22-18(24)16-4-3-6-21-17(16)23-8-1-2-9-23/h3-4,6,10-12H,1-2,5,7-9H2,(H,22,24). The van der Waals surface area contributed by atoms with Crippen molar-refractivity contribution in [1.29, 1.82) is 0 Å². The molecule has 1 aliphatic rings. The highest BCUT2D eigenvalue weighted by molar-refractivity contribution is 6.34. The second kappa shape index (κ2) is 7.86. The van der Waals surface area contributed by atoms with Crippen LogP contribution in [0.2, 0.25) is 10.0 Å². The summed E-state index contributed by atoms with van der Waals surface area (Å²) < 4.78 is 0. The molecule has 2 aromatic rings. The molecule has 3 rings (SSSR count). The van der Waals surface area contributed by atoms with E-state index in [4.69, 9.17) is 23.2 Å². The van der Waals surface area contributed by atoms with E-state index in [1.54, 1.807) is 18.3 Å². The second-order valence-electron chi connectivity index (χ2n) is 5.85. The summed E-state index contributed by atoms with van der Waals surface area (Å²) in [5.74, 6) is 0.677. The molecule has 24 heavy (non-hydrogen) atoms. The molecule has 0 bridgehead atoms. The third-order valence-electron chi connectivity index (χ3n) is 4.06. The van der Waals surface area contributed by atoms with Crippen LogP contribution in [0.1, 0.15) is 28.8 Å². The Morgan fingerprint density at radius 1 is 1.17 bits per heavy atom. The van der Waals surface area contributed by atoms with Gasteiger partial charge in [0, 0.05) is 35.9 Å². The van der Waals surface area contributed by atoms with Crippen molar-refractivity contribution in [3.8, 4) is 0 Å². The summed E-state index contributed by atoms with van der Waals surface area (Å²) in [6, 6.07) is 9.04. The van der Waals surface area contributed by atoms with E-state index in [-0.39, 0.29) is 5.91 Å². The van der Waals surface area contributed by atoms with Gasteiger partial charge in [-0.05, 0) is 55.2 Å². The number of nitrogens with one attached hydrogen (secondary N) is 1. The molecule has 0 saturated carbocycles. The molecule has 0 radical (unpaired) electrons. The average Bonchev–Trinajstić information content (AvgIpc) is 3.08. The quantitative estimate of drug-likeness (QED) is 0.874. The van der Waals surface area contributed by atoms with Gasteiger partial charge in [-0.2, -0.15) is 0 Å². The molecule has 0 unspecified atom stereocenters. The van der Waals surface area contributed by atoms with E-state index in [2.05, 4.69) is 15.2 Å². The number of halogens is 2. The van der Waals surface area contributed by atoms with E-state index in [0.29, 0.717) is 28.6 Å². The molecule has 1 N–H and O–H groups in total. The van der Waals surface area contributed by atoms with E-state index in [0.717, 1.165) is 37.3 Å². The monoisotopic (exact) mass is 363 g/mol. The normalized spacial score (nSPS) is 14.0. The zero-order valence-corrected chi connectivity index (χ0v) is 14.8. The summed E-state index contributed by atoms with van der Waals surface area (Å²) >= 11 is 12.0. The number of anilines is 1. The lowest BCUT2D eigenvalue weighted by Gasteiger charge is -2.19. The van der Waals surface area contributed by atoms with Crippen LogP contribution in [0.5, 0.6) is 0 Å². The number of nitrogens with zero attached hydrogens (tertiary/aromatic N) is 2. The number of rotatable bonds is 5. The van der Waals surface area contributed by atoms with Crippen LogP contribution in [-0.4, -0.2) is 30.5 Å². The molecule has 2 heterocycles. The van der Waals surface area contributed by atoms with Crippen molar-refractivity contribution in [2.75, 3.05) is 24.5 Å². The maximum Gasteiger partial charge on any atom is 0.255 e. The number of hydrogen-bond donors (Lipinski definition) is 1. The maximum atomic E-state index is 12.5. The summed E-state index contributed by atoms with van der Waals surface area (Å²) in [4.78, 5) is 19.1. The van der Waals surface area contributed by atoms with Gasteiger partial charge in [0.05, 0.1) is 5.56 Å². The maximum absolute atomic E-state index is 12.5. The summed E-state index contributed by atoms with van der Waals surface area (Å²) in [6.45, 7) is 2.43. The van der Waals surface area contributed by atoms with Crippen molar-refractivity contribution in [1.82, 2.24) is 10.3 Å². The molecule has 0 aliphatic carbocycles. The lowest BCUT2D eigenvalue weighted by Crippen LogP contribution is -2.29. The first-order valence-corrected chi connectivity index (χ1v) is 8.82. The first-order chi connectivity index (χ1) is 11.6. The van der Waals surface area contributed by atoms with Gasteiger partial charge >= 0.3 is 0 Å². The van der Waals surface area contributed by atoms with Crippen molar-refractivity contribution < 1.29 is 4.79 Å². The molecule has 1 aromatic carbocycles. The Morgan fingerprint density at radius 2 is 1.88 bits per heavy atom. The molecule has 1 fully saturated rings. The fourth-order valence-corrected chi connectivity index (χ4v) is 3.50. The molecule has 0 spiro atoms. The molecule has 6 heteroatoms. The van der Waals surface area contributed by atoms with Gasteiger partial charge in [-0.25, -0.2) is 4.98 Å². The molecule has 0 atom stereocenters. The number of hydrogen-bond acceptors (Lipinski definition) is 3. The Kier molecular flexibility index (Phi) is 5.59.